The maximum Gasteiger partial charge on any atom is 0.175 e. The summed E-state index contributed by atoms with van der Waals surface area (Å²) in [5, 5.41) is 11.0. The Labute approximate surface area is 123 Å². The van der Waals surface area contributed by atoms with E-state index in [2.05, 4.69) is 22.7 Å². The van der Waals surface area contributed by atoms with E-state index < -0.39 is 0 Å². The number of aryl methyl sites for hydroxylation is 1. The molecule has 0 fully saturated rings. The summed E-state index contributed by atoms with van der Waals surface area (Å²) in [5.74, 6) is 0.748. The van der Waals surface area contributed by atoms with Gasteiger partial charge in [0.25, 0.3) is 0 Å². The van der Waals surface area contributed by atoms with Crippen LogP contribution in [-0.2, 0) is 6.54 Å². The summed E-state index contributed by atoms with van der Waals surface area (Å²) in [5.41, 5.74) is 2.78. The minimum absolute atomic E-state index is 0.508. The van der Waals surface area contributed by atoms with Gasteiger partial charge in [0, 0.05) is 6.54 Å². The quantitative estimate of drug-likeness (QED) is 0.848. The van der Waals surface area contributed by atoms with Gasteiger partial charge in [-0.1, -0.05) is 12.1 Å². The molecule has 2 N–H and O–H groups in total. The number of para-hydroxylation sites is 2. The number of methoxy groups -OCH3 is 1. The van der Waals surface area contributed by atoms with Crippen molar-refractivity contribution in [3.05, 3.63) is 36.2 Å². The molecular weight excluding hydrogens is 272 g/mol. The number of rotatable bonds is 4. The molecule has 0 bridgehead atoms. The van der Waals surface area contributed by atoms with E-state index in [-0.39, 0.29) is 0 Å². The van der Waals surface area contributed by atoms with Crippen molar-refractivity contribution in [2.75, 3.05) is 17.7 Å². The Hall–Kier alpha value is -2.08. The fraction of sp³-hybridized carbons (Fsp3) is 0.286. The van der Waals surface area contributed by atoms with Crippen molar-refractivity contribution in [2.24, 2.45) is 0 Å². The lowest BCUT2D eigenvalue weighted by atomic mass is 10.3. The van der Waals surface area contributed by atoms with E-state index in [1.165, 1.54) is 0 Å². The molecule has 0 radical (unpaired) electrons. The fourth-order valence-corrected chi connectivity index (χ4v) is 2.13. The summed E-state index contributed by atoms with van der Waals surface area (Å²) in [6.45, 7) is 4.89. The van der Waals surface area contributed by atoms with Gasteiger partial charge in [-0.05, 0) is 38.2 Å². The van der Waals surface area contributed by atoms with Crippen LogP contribution < -0.4 is 15.4 Å². The summed E-state index contributed by atoms with van der Waals surface area (Å²) in [6.07, 6.45) is 1.77. The minimum atomic E-state index is 0.508. The summed E-state index contributed by atoms with van der Waals surface area (Å²) >= 11 is 5.32. The zero-order chi connectivity index (χ0) is 14.5. The average molecular weight is 290 g/mol. The van der Waals surface area contributed by atoms with Crippen LogP contribution in [0.25, 0.3) is 0 Å². The van der Waals surface area contributed by atoms with Crippen LogP contribution >= 0.6 is 12.2 Å². The van der Waals surface area contributed by atoms with E-state index in [9.17, 15) is 0 Å². The number of ether oxygens (including phenoxy) is 1. The van der Waals surface area contributed by atoms with Crippen LogP contribution in [0.2, 0.25) is 0 Å². The maximum absolute atomic E-state index is 5.32. The second kappa shape index (κ2) is 6.38. The summed E-state index contributed by atoms with van der Waals surface area (Å²) in [4.78, 5) is 0. The molecule has 0 aliphatic rings. The van der Waals surface area contributed by atoms with Crippen molar-refractivity contribution >= 4 is 28.7 Å². The molecule has 1 aromatic heterocycles. The van der Waals surface area contributed by atoms with E-state index in [0.29, 0.717) is 5.11 Å². The topological polar surface area (TPSA) is 51.1 Å². The Morgan fingerprint density at radius 3 is 2.65 bits per heavy atom. The minimum Gasteiger partial charge on any atom is -0.495 e. The van der Waals surface area contributed by atoms with Crippen LogP contribution in [0.15, 0.2) is 30.5 Å². The highest BCUT2D eigenvalue weighted by atomic mass is 32.1. The van der Waals surface area contributed by atoms with Gasteiger partial charge in [0.2, 0.25) is 0 Å². The number of thiocarbonyl (C=S) groups is 1. The number of anilines is 2. The third-order valence-electron chi connectivity index (χ3n) is 3.01. The monoisotopic (exact) mass is 290 g/mol. The lowest BCUT2D eigenvalue weighted by Gasteiger charge is -2.13. The number of nitrogens with one attached hydrogen (secondary N) is 2. The molecule has 0 spiro atoms. The number of aromatic nitrogens is 2. The van der Waals surface area contributed by atoms with E-state index in [0.717, 1.165) is 29.4 Å². The molecule has 0 saturated carbocycles. The molecule has 106 valence electrons. The Kier molecular flexibility index (Phi) is 4.57. The second-order valence-corrected chi connectivity index (χ2v) is 4.65. The van der Waals surface area contributed by atoms with Crippen LogP contribution in [-0.4, -0.2) is 22.0 Å². The van der Waals surface area contributed by atoms with Crippen LogP contribution in [0.4, 0.5) is 11.4 Å². The van der Waals surface area contributed by atoms with Gasteiger partial charge in [0.15, 0.2) is 5.11 Å². The highest BCUT2D eigenvalue weighted by Gasteiger charge is 2.08. The van der Waals surface area contributed by atoms with E-state index in [1.807, 2.05) is 35.9 Å². The smallest absolute Gasteiger partial charge is 0.175 e. The van der Waals surface area contributed by atoms with Gasteiger partial charge < -0.3 is 15.4 Å². The molecular formula is C14H18N4OS. The van der Waals surface area contributed by atoms with Gasteiger partial charge in [0.1, 0.15) is 5.75 Å². The van der Waals surface area contributed by atoms with Crippen molar-refractivity contribution in [2.45, 2.75) is 20.4 Å². The molecule has 20 heavy (non-hydrogen) atoms. The standard InChI is InChI=1S/C14H18N4OS/c1-4-18-10(2)12(9-15-18)17-14(20)16-11-7-5-6-8-13(11)19-3/h5-9H,4H2,1-3H3,(H2,16,17,20). The number of hydrogen-bond acceptors (Lipinski definition) is 3. The lowest BCUT2D eigenvalue weighted by Crippen LogP contribution is -2.19. The summed E-state index contributed by atoms with van der Waals surface area (Å²) in [7, 11) is 1.63. The van der Waals surface area contributed by atoms with Crippen LogP contribution in [0.5, 0.6) is 5.75 Å². The highest BCUT2D eigenvalue weighted by molar-refractivity contribution is 7.80. The van der Waals surface area contributed by atoms with Crippen LogP contribution in [0.3, 0.4) is 0 Å². The maximum atomic E-state index is 5.32. The molecule has 2 aromatic rings. The first-order valence-electron chi connectivity index (χ1n) is 6.39. The van der Waals surface area contributed by atoms with Crippen molar-refractivity contribution < 1.29 is 4.74 Å². The first-order valence-corrected chi connectivity index (χ1v) is 6.80. The van der Waals surface area contributed by atoms with Gasteiger partial charge in [-0.25, -0.2) is 0 Å². The lowest BCUT2D eigenvalue weighted by molar-refractivity contribution is 0.417. The predicted octanol–water partition coefficient (Wildman–Crippen LogP) is 3.03. The van der Waals surface area contributed by atoms with Crippen LogP contribution in [0, 0.1) is 6.92 Å². The Morgan fingerprint density at radius 1 is 1.30 bits per heavy atom. The highest BCUT2D eigenvalue weighted by Crippen LogP contribution is 2.23. The van der Waals surface area contributed by atoms with Crippen molar-refractivity contribution in [1.82, 2.24) is 9.78 Å². The van der Waals surface area contributed by atoms with Gasteiger partial charge >= 0.3 is 0 Å². The second-order valence-electron chi connectivity index (χ2n) is 4.24. The van der Waals surface area contributed by atoms with Crippen molar-refractivity contribution in [3.63, 3.8) is 0 Å². The SMILES string of the molecule is CCn1ncc(NC(=S)Nc2ccccc2OC)c1C. The van der Waals surface area contributed by atoms with Gasteiger partial charge in [-0.15, -0.1) is 0 Å². The molecule has 1 aromatic carbocycles. The Morgan fingerprint density at radius 2 is 2.00 bits per heavy atom. The van der Waals surface area contributed by atoms with Gasteiger partial charge in [-0.2, -0.15) is 5.10 Å². The van der Waals surface area contributed by atoms with Crippen molar-refractivity contribution in [3.8, 4) is 5.75 Å². The molecule has 0 saturated heterocycles. The average Bonchev–Trinajstić information content (AvgIpc) is 2.80. The zero-order valence-electron chi connectivity index (χ0n) is 11.8. The third kappa shape index (κ3) is 3.08. The molecule has 0 unspecified atom stereocenters. The molecule has 2 rings (SSSR count). The van der Waals surface area contributed by atoms with Crippen molar-refractivity contribution in [1.29, 1.82) is 0 Å². The number of benzene rings is 1. The van der Waals surface area contributed by atoms with Gasteiger partial charge in [-0.3, -0.25) is 4.68 Å². The molecule has 0 aliphatic heterocycles. The van der Waals surface area contributed by atoms with E-state index in [4.69, 9.17) is 17.0 Å². The van der Waals surface area contributed by atoms with Crippen LogP contribution in [0.1, 0.15) is 12.6 Å². The normalized spacial score (nSPS) is 10.2. The molecule has 6 heteroatoms. The van der Waals surface area contributed by atoms with E-state index >= 15 is 0 Å². The first kappa shape index (κ1) is 14.3. The zero-order valence-corrected chi connectivity index (χ0v) is 12.6. The molecule has 0 atom stereocenters. The summed E-state index contributed by atoms with van der Waals surface area (Å²) in [6, 6.07) is 7.63. The third-order valence-corrected chi connectivity index (χ3v) is 3.21. The number of hydrogen-bond donors (Lipinski definition) is 2. The Balaban J connectivity index is 2.07. The van der Waals surface area contributed by atoms with E-state index in [1.54, 1.807) is 13.3 Å². The van der Waals surface area contributed by atoms with Gasteiger partial charge in [0.05, 0.1) is 30.4 Å². The molecule has 0 aliphatic carbocycles. The fourth-order valence-electron chi connectivity index (χ4n) is 1.91. The predicted molar refractivity (Wildman–Crippen MR) is 85.5 cm³/mol. The number of nitrogens with zero attached hydrogens (tertiary/aromatic N) is 2. The molecule has 1 heterocycles. The molecule has 0 amide bonds. The summed E-state index contributed by atoms with van der Waals surface area (Å²) < 4.78 is 7.19. The largest absolute Gasteiger partial charge is 0.495 e. The Bertz CT molecular complexity index is 609. The first-order chi connectivity index (χ1) is 9.65. The molecule has 5 nitrogen and oxygen atoms in total.